The van der Waals surface area contributed by atoms with Crippen molar-refractivity contribution in [2.24, 2.45) is 28.9 Å². The van der Waals surface area contributed by atoms with Gasteiger partial charge >= 0.3 is 0 Å². The van der Waals surface area contributed by atoms with Gasteiger partial charge in [0.15, 0.2) is 0 Å². The smallest absolute Gasteiger partial charge is 0.126 e. The van der Waals surface area contributed by atoms with Gasteiger partial charge in [0.05, 0.1) is 6.04 Å². The molecule has 2 N–H and O–H groups in total. The zero-order valence-electron chi connectivity index (χ0n) is 11.9. The molecule has 19 heavy (non-hydrogen) atoms. The summed E-state index contributed by atoms with van der Waals surface area (Å²) in [7, 11) is 0. The maximum Gasteiger partial charge on any atom is 0.126 e. The number of imidazole rings is 1. The van der Waals surface area contributed by atoms with E-state index in [0.29, 0.717) is 5.41 Å². The standard InChI is InChI=1S/C16H25N3/c1-2-19-4-3-18-15(19)14(17)16-8-11-5-12(9-16)7-13(6-11)10-16/h3-4,11-14H,2,5-10,17H2,1H3. The van der Waals surface area contributed by atoms with E-state index >= 15 is 0 Å². The minimum Gasteiger partial charge on any atom is -0.334 e. The monoisotopic (exact) mass is 259 g/mol. The third-order valence-electron chi connectivity index (χ3n) is 6.11. The van der Waals surface area contributed by atoms with E-state index < -0.39 is 0 Å². The first-order chi connectivity index (χ1) is 9.20. The highest BCUT2D eigenvalue weighted by Gasteiger charge is 2.54. The summed E-state index contributed by atoms with van der Waals surface area (Å²) in [5.74, 6) is 4.01. The van der Waals surface area contributed by atoms with Crippen molar-refractivity contribution in [3.05, 3.63) is 18.2 Å². The van der Waals surface area contributed by atoms with Crippen LogP contribution in [-0.2, 0) is 6.54 Å². The molecular formula is C16H25N3. The normalized spacial score (nSPS) is 41.7. The quantitative estimate of drug-likeness (QED) is 0.906. The van der Waals surface area contributed by atoms with Crippen molar-refractivity contribution in [2.45, 2.75) is 58.0 Å². The lowest BCUT2D eigenvalue weighted by atomic mass is 9.47. The highest BCUT2D eigenvalue weighted by Crippen LogP contribution is 2.63. The van der Waals surface area contributed by atoms with E-state index in [4.69, 9.17) is 5.73 Å². The summed E-state index contributed by atoms with van der Waals surface area (Å²) in [4.78, 5) is 4.58. The molecule has 4 bridgehead atoms. The van der Waals surface area contributed by atoms with Gasteiger partial charge in [-0.3, -0.25) is 0 Å². The Morgan fingerprint density at radius 1 is 1.26 bits per heavy atom. The Morgan fingerprint density at radius 3 is 2.37 bits per heavy atom. The third-order valence-corrected chi connectivity index (χ3v) is 6.11. The minimum atomic E-state index is 0.149. The topological polar surface area (TPSA) is 43.8 Å². The SMILES string of the molecule is CCn1ccnc1C(N)C12CC3CC(CC(C3)C1)C2. The number of rotatable bonds is 3. The molecular weight excluding hydrogens is 234 g/mol. The first-order valence-corrected chi connectivity index (χ1v) is 7.97. The van der Waals surface area contributed by atoms with Crippen LogP contribution >= 0.6 is 0 Å². The van der Waals surface area contributed by atoms with Gasteiger partial charge in [0.25, 0.3) is 0 Å². The van der Waals surface area contributed by atoms with E-state index in [1.54, 1.807) is 0 Å². The van der Waals surface area contributed by atoms with E-state index in [-0.39, 0.29) is 6.04 Å². The van der Waals surface area contributed by atoms with E-state index in [9.17, 15) is 0 Å². The summed E-state index contributed by atoms with van der Waals surface area (Å²) >= 11 is 0. The fourth-order valence-electron chi connectivity index (χ4n) is 5.70. The van der Waals surface area contributed by atoms with Gasteiger partial charge in [-0.25, -0.2) is 4.98 Å². The van der Waals surface area contributed by atoms with Crippen molar-refractivity contribution >= 4 is 0 Å². The number of nitrogens with two attached hydrogens (primary N) is 1. The van der Waals surface area contributed by atoms with Crippen molar-refractivity contribution in [2.75, 3.05) is 0 Å². The molecule has 0 spiro atoms. The Labute approximate surface area is 115 Å². The Morgan fingerprint density at radius 2 is 1.84 bits per heavy atom. The largest absolute Gasteiger partial charge is 0.334 e. The van der Waals surface area contributed by atoms with Gasteiger partial charge in [0.2, 0.25) is 0 Å². The maximum atomic E-state index is 6.73. The molecule has 1 unspecified atom stereocenters. The molecule has 4 saturated carbocycles. The molecule has 1 atom stereocenters. The molecule has 0 saturated heterocycles. The summed E-state index contributed by atoms with van der Waals surface area (Å²) in [6, 6.07) is 0.149. The van der Waals surface area contributed by atoms with E-state index in [1.807, 2.05) is 6.20 Å². The number of aryl methyl sites for hydroxylation is 1. The Hall–Kier alpha value is -0.830. The van der Waals surface area contributed by atoms with Crippen LogP contribution in [0.15, 0.2) is 12.4 Å². The summed E-state index contributed by atoms with van der Waals surface area (Å²) in [6.45, 7) is 3.16. The van der Waals surface area contributed by atoms with Crippen LogP contribution in [0.25, 0.3) is 0 Å². The fourth-order valence-corrected chi connectivity index (χ4v) is 5.70. The second-order valence-corrected chi connectivity index (χ2v) is 7.33. The molecule has 3 heteroatoms. The van der Waals surface area contributed by atoms with Gasteiger partial charge in [0, 0.05) is 18.9 Å². The van der Waals surface area contributed by atoms with Gasteiger partial charge in [-0.2, -0.15) is 0 Å². The molecule has 1 aromatic rings. The van der Waals surface area contributed by atoms with Crippen LogP contribution in [0, 0.1) is 23.2 Å². The van der Waals surface area contributed by atoms with Crippen molar-refractivity contribution in [3.8, 4) is 0 Å². The summed E-state index contributed by atoms with van der Waals surface area (Å²) in [5.41, 5.74) is 7.10. The summed E-state index contributed by atoms with van der Waals surface area (Å²) in [5, 5.41) is 0. The van der Waals surface area contributed by atoms with Crippen LogP contribution in [0.5, 0.6) is 0 Å². The second-order valence-electron chi connectivity index (χ2n) is 7.33. The van der Waals surface area contributed by atoms with Gasteiger partial charge in [-0.15, -0.1) is 0 Å². The van der Waals surface area contributed by atoms with Crippen LogP contribution in [0.4, 0.5) is 0 Å². The number of hydrogen-bond donors (Lipinski definition) is 1. The average molecular weight is 259 g/mol. The predicted molar refractivity (Wildman–Crippen MR) is 75.4 cm³/mol. The zero-order valence-corrected chi connectivity index (χ0v) is 11.9. The fraction of sp³-hybridized carbons (Fsp3) is 0.812. The molecule has 4 aliphatic carbocycles. The van der Waals surface area contributed by atoms with Gasteiger partial charge in [-0.05, 0) is 68.6 Å². The molecule has 1 heterocycles. The molecule has 3 nitrogen and oxygen atoms in total. The van der Waals surface area contributed by atoms with E-state index in [1.165, 1.54) is 38.5 Å². The molecule has 0 amide bonds. The number of nitrogens with zero attached hydrogens (tertiary/aromatic N) is 2. The summed E-state index contributed by atoms with van der Waals surface area (Å²) in [6.07, 6.45) is 12.5. The van der Waals surface area contributed by atoms with Crippen LogP contribution in [0.1, 0.15) is 57.3 Å². The highest BCUT2D eigenvalue weighted by atomic mass is 15.1. The van der Waals surface area contributed by atoms with E-state index in [0.717, 1.165) is 30.1 Å². The van der Waals surface area contributed by atoms with Crippen LogP contribution in [0.3, 0.4) is 0 Å². The minimum absolute atomic E-state index is 0.149. The molecule has 104 valence electrons. The Kier molecular flexibility index (Phi) is 2.57. The van der Waals surface area contributed by atoms with Crippen molar-refractivity contribution in [3.63, 3.8) is 0 Å². The van der Waals surface area contributed by atoms with Crippen LogP contribution < -0.4 is 5.73 Å². The maximum absolute atomic E-state index is 6.73. The number of hydrogen-bond acceptors (Lipinski definition) is 2. The summed E-state index contributed by atoms with van der Waals surface area (Å²) < 4.78 is 2.24. The molecule has 0 aromatic carbocycles. The first kappa shape index (κ1) is 12.0. The lowest BCUT2D eigenvalue weighted by Crippen LogP contribution is -2.51. The molecule has 4 fully saturated rings. The second kappa shape index (κ2) is 4.08. The van der Waals surface area contributed by atoms with Gasteiger partial charge in [-0.1, -0.05) is 0 Å². The van der Waals surface area contributed by atoms with Crippen LogP contribution in [0.2, 0.25) is 0 Å². The van der Waals surface area contributed by atoms with Crippen molar-refractivity contribution in [1.82, 2.24) is 9.55 Å². The molecule has 0 aliphatic heterocycles. The third kappa shape index (κ3) is 1.70. The first-order valence-electron chi connectivity index (χ1n) is 7.97. The Balaban J connectivity index is 1.68. The van der Waals surface area contributed by atoms with Gasteiger partial charge in [0.1, 0.15) is 5.82 Å². The molecule has 0 radical (unpaired) electrons. The molecule has 5 rings (SSSR count). The Bertz CT molecular complexity index is 441. The lowest BCUT2D eigenvalue weighted by Gasteiger charge is -2.58. The molecule has 4 aliphatic rings. The molecule has 1 aromatic heterocycles. The van der Waals surface area contributed by atoms with Gasteiger partial charge < -0.3 is 10.3 Å². The van der Waals surface area contributed by atoms with Crippen molar-refractivity contribution < 1.29 is 0 Å². The van der Waals surface area contributed by atoms with Crippen molar-refractivity contribution in [1.29, 1.82) is 0 Å². The van der Waals surface area contributed by atoms with E-state index in [2.05, 4.69) is 22.7 Å². The highest BCUT2D eigenvalue weighted by molar-refractivity contribution is 5.12. The number of aromatic nitrogens is 2. The predicted octanol–water partition coefficient (Wildman–Crippen LogP) is 3.12. The average Bonchev–Trinajstić information content (AvgIpc) is 2.84. The lowest BCUT2D eigenvalue weighted by molar-refractivity contribution is -0.0696. The zero-order chi connectivity index (χ0) is 13.0. The van der Waals surface area contributed by atoms with Crippen LogP contribution in [-0.4, -0.2) is 9.55 Å².